The van der Waals surface area contributed by atoms with Gasteiger partial charge in [-0.1, -0.05) is 19.4 Å². The van der Waals surface area contributed by atoms with E-state index in [4.69, 9.17) is 10.5 Å². The molecule has 3 heteroatoms. The van der Waals surface area contributed by atoms with Gasteiger partial charge in [0.05, 0.1) is 7.11 Å². The standard InChI is InChI=1S/C14H22N2O/c1-3-4-10-7-14(10)16-9-11-5-6-12(17-2)8-13(11)15/h5-6,8,10,14,16H,3-4,7,9,15H2,1-2H3. The van der Waals surface area contributed by atoms with Gasteiger partial charge in [-0.3, -0.25) is 0 Å². The molecule has 0 aromatic heterocycles. The molecule has 1 aromatic rings. The van der Waals surface area contributed by atoms with Crippen LogP contribution in [0.2, 0.25) is 0 Å². The molecule has 0 radical (unpaired) electrons. The fourth-order valence-corrected chi connectivity index (χ4v) is 2.29. The summed E-state index contributed by atoms with van der Waals surface area (Å²) in [5, 5.41) is 3.57. The molecule has 1 aromatic carbocycles. The molecule has 1 saturated carbocycles. The first kappa shape index (κ1) is 12.2. The summed E-state index contributed by atoms with van der Waals surface area (Å²) >= 11 is 0. The van der Waals surface area contributed by atoms with Gasteiger partial charge >= 0.3 is 0 Å². The molecule has 2 atom stereocenters. The Kier molecular flexibility index (Phi) is 3.89. The van der Waals surface area contributed by atoms with Gasteiger partial charge in [-0.2, -0.15) is 0 Å². The minimum atomic E-state index is 0.705. The predicted octanol–water partition coefficient (Wildman–Crippen LogP) is 2.56. The zero-order valence-electron chi connectivity index (χ0n) is 10.7. The van der Waals surface area contributed by atoms with Crippen LogP contribution in [0.25, 0.3) is 0 Å². The van der Waals surface area contributed by atoms with Gasteiger partial charge in [-0.25, -0.2) is 0 Å². The maximum atomic E-state index is 5.98. The van der Waals surface area contributed by atoms with E-state index < -0.39 is 0 Å². The lowest BCUT2D eigenvalue weighted by atomic mass is 10.1. The van der Waals surface area contributed by atoms with Crippen LogP contribution >= 0.6 is 0 Å². The van der Waals surface area contributed by atoms with Gasteiger partial charge in [0.1, 0.15) is 5.75 Å². The minimum absolute atomic E-state index is 0.705. The van der Waals surface area contributed by atoms with E-state index in [2.05, 4.69) is 12.2 Å². The predicted molar refractivity (Wildman–Crippen MR) is 71.0 cm³/mol. The molecule has 0 spiro atoms. The Morgan fingerprint density at radius 3 is 2.94 bits per heavy atom. The van der Waals surface area contributed by atoms with E-state index in [1.807, 2.05) is 18.2 Å². The van der Waals surface area contributed by atoms with Crippen LogP contribution in [0.4, 0.5) is 5.69 Å². The van der Waals surface area contributed by atoms with Crippen molar-refractivity contribution in [1.29, 1.82) is 0 Å². The molecular weight excluding hydrogens is 212 g/mol. The van der Waals surface area contributed by atoms with E-state index in [1.165, 1.54) is 19.3 Å². The maximum absolute atomic E-state index is 5.98. The molecule has 1 aliphatic rings. The second kappa shape index (κ2) is 5.41. The van der Waals surface area contributed by atoms with Crippen LogP contribution < -0.4 is 15.8 Å². The van der Waals surface area contributed by atoms with E-state index in [0.29, 0.717) is 6.04 Å². The third-order valence-electron chi connectivity index (χ3n) is 3.49. The van der Waals surface area contributed by atoms with Crippen molar-refractivity contribution < 1.29 is 4.74 Å². The Bertz CT molecular complexity index is 378. The molecule has 2 unspecified atom stereocenters. The molecule has 0 bridgehead atoms. The molecule has 1 aliphatic carbocycles. The van der Waals surface area contributed by atoms with Gasteiger partial charge in [0.15, 0.2) is 0 Å². The van der Waals surface area contributed by atoms with Crippen LogP contribution in [-0.4, -0.2) is 13.2 Å². The van der Waals surface area contributed by atoms with Gasteiger partial charge in [-0.15, -0.1) is 0 Å². The lowest BCUT2D eigenvalue weighted by molar-refractivity contribution is 0.415. The molecule has 94 valence electrons. The van der Waals surface area contributed by atoms with Gasteiger partial charge in [0, 0.05) is 24.3 Å². The average Bonchev–Trinajstić information content (AvgIpc) is 3.06. The molecule has 17 heavy (non-hydrogen) atoms. The number of methoxy groups -OCH3 is 1. The van der Waals surface area contributed by atoms with Crippen molar-refractivity contribution in [3.63, 3.8) is 0 Å². The lowest BCUT2D eigenvalue weighted by Gasteiger charge is -2.09. The molecule has 0 saturated heterocycles. The first-order valence-corrected chi connectivity index (χ1v) is 6.40. The number of anilines is 1. The number of benzene rings is 1. The highest BCUT2D eigenvalue weighted by molar-refractivity contribution is 5.51. The summed E-state index contributed by atoms with van der Waals surface area (Å²) in [5.74, 6) is 1.71. The lowest BCUT2D eigenvalue weighted by Crippen LogP contribution is -2.18. The quantitative estimate of drug-likeness (QED) is 0.744. The van der Waals surface area contributed by atoms with Crippen LogP contribution in [0.5, 0.6) is 5.75 Å². The van der Waals surface area contributed by atoms with E-state index in [0.717, 1.165) is 29.5 Å². The zero-order valence-corrected chi connectivity index (χ0v) is 10.7. The van der Waals surface area contributed by atoms with Crippen LogP contribution in [-0.2, 0) is 6.54 Å². The second-order valence-corrected chi connectivity index (χ2v) is 4.84. The van der Waals surface area contributed by atoms with E-state index in [-0.39, 0.29) is 0 Å². The smallest absolute Gasteiger partial charge is 0.120 e. The minimum Gasteiger partial charge on any atom is -0.497 e. The van der Waals surface area contributed by atoms with Crippen LogP contribution in [0, 0.1) is 5.92 Å². The third kappa shape index (κ3) is 3.13. The number of nitrogens with one attached hydrogen (secondary N) is 1. The van der Waals surface area contributed by atoms with Gasteiger partial charge < -0.3 is 15.8 Å². The summed E-state index contributed by atoms with van der Waals surface area (Å²) in [6, 6.07) is 6.59. The van der Waals surface area contributed by atoms with Crippen LogP contribution in [0.3, 0.4) is 0 Å². The molecule has 0 aliphatic heterocycles. The molecule has 0 amide bonds. The van der Waals surface area contributed by atoms with E-state index >= 15 is 0 Å². The molecule has 0 heterocycles. The van der Waals surface area contributed by atoms with Crippen molar-refractivity contribution >= 4 is 5.69 Å². The fraction of sp³-hybridized carbons (Fsp3) is 0.571. The largest absolute Gasteiger partial charge is 0.497 e. The number of rotatable bonds is 6. The van der Waals surface area contributed by atoms with Gasteiger partial charge in [-0.05, 0) is 30.4 Å². The summed E-state index contributed by atoms with van der Waals surface area (Å²) in [7, 11) is 1.66. The number of hydrogen-bond acceptors (Lipinski definition) is 3. The fourth-order valence-electron chi connectivity index (χ4n) is 2.29. The average molecular weight is 234 g/mol. The zero-order chi connectivity index (χ0) is 12.3. The number of ether oxygens (including phenoxy) is 1. The van der Waals surface area contributed by atoms with Crippen LogP contribution in [0.1, 0.15) is 31.7 Å². The summed E-state index contributed by atoms with van der Waals surface area (Å²) in [6.07, 6.45) is 3.95. The van der Waals surface area contributed by atoms with Crippen molar-refractivity contribution in [1.82, 2.24) is 5.32 Å². The van der Waals surface area contributed by atoms with Crippen molar-refractivity contribution in [3.8, 4) is 5.75 Å². The molecule has 1 fully saturated rings. The first-order valence-electron chi connectivity index (χ1n) is 6.40. The summed E-state index contributed by atoms with van der Waals surface area (Å²) in [4.78, 5) is 0. The highest BCUT2D eigenvalue weighted by Crippen LogP contribution is 2.35. The molecule has 3 nitrogen and oxygen atoms in total. The first-order chi connectivity index (χ1) is 8.24. The molecule has 2 rings (SSSR count). The SMILES string of the molecule is CCCC1CC1NCc1ccc(OC)cc1N. The third-order valence-corrected chi connectivity index (χ3v) is 3.49. The second-order valence-electron chi connectivity index (χ2n) is 4.84. The monoisotopic (exact) mass is 234 g/mol. The highest BCUT2D eigenvalue weighted by atomic mass is 16.5. The van der Waals surface area contributed by atoms with Crippen molar-refractivity contribution in [2.45, 2.75) is 38.8 Å². The highest BCUT2D eigenvalue weighted by Gasteiger charge is 2.35. The Morgan fingerprint density at radius 2 is 2.29 bits per heavy atom. The Morgan fingerprint density at radius 1 is 1.47 bits per heavy atom. The molecule has 3 N–H and O–H groups in total. The van der Waals surface area contributed by atoms with Crippen LogP contribution in [0.15, 0.2) is 18.2 Å². The maximum Gasteiger partial charge on any atom is 0.120 e. The number of nitrogens with two attached hydrogens (primary N) is 1. The summed E-state index contributed by atoms with van der Waals surface area (Å²) in [6.45, 7) is 3.11. The Hall–Kier alpha value is -1.22. The Balaban J connectivity index is 1.83. The summed E-state index contributed by atoms with van der Waals surface area (Å²) in [5.41, 5.74) is 7.95. The summed E-state index contributed by atoms with van der Waals surface area (Å²) < 4.78 is 5.14. The van der Waals surface area contributed by atoms with Gasteiger partial charge in [0.2, 0.25) is 0 Å². The van der Waals surface area contributed by atoms with Crippen molar-refractivity contribution in [2.75, 3.05) is 12.8 Å². The van der Waals surface area contributed by atoms with Crippen molar-refractivity contribution in [3.05, 3.63) is 23.8 Å². The normalized spacial score (nSPS) is 22.5. The van der Waals surface area contributed by atoms with Gasteiger partial charge in [0.25, 0.3) is 0 Å². The van der Waals surface area contributed by atoms with E-state index in [1.54, 1.807) is 7.11 Å². The molecular formula is C14H22N2O. The number of nitrogen functional groups attached to an aromatic ring is 1. The Labute approximate surface area is 103 Å². The van der Waals surface area contributed by atoms with Crippen molar-refractivity contribution in [2.24, 2.45) is 5.92 Å². The topological polar surface area (TPSA) is 47.3 Å². The number of hydrogen-bond donors (Lipinski definition) is 2. The van der Waals surface area contributed by atoms with E-state index in [9.17, 15) is 0 Å².